The highest BCUT2D eigenvalue weighted by atomic mass is 79.9. The Morgan fingerprint density at radius 1 is 1.75 bits per heavy atom. The molecule has 1 radical (unpaired) electrons. The van der Waals surface area contributed by atoms with E-state index < -0.39 is 0 Å². The smallest absolute Gasteiger partial charge is 0.161 e. The molecule has 0 bridgehead atoms. The Morgan fingerprint density at radius 2 is 2.50 bits per heavy atom. The van der Waals surface area contributed by atoms with Gasteiger partial charge in [-0.25, -0.2) is 9.97 Å². The van der Waals surface area contributed by atoms with Gasteiger partial charge in [0.15, 0.2) is 5.15 Å². The van der Waals surface area contributed by atoms with Crippen molar-refractivity contribution in [2.45, 2.75) is 0 Å². The van der Waals surface area contributed by atoms with Crippen LogP contribution in [-0.2, 0) is 0 Å². The van der Waals surface area contributed by atoms with E-state index in [9.17, 15) is 0 Å². The minimum absolute atomic E-state index is 0.365. The van der Waals surface area contributed by atoms with E-state index in [1.54, 1.807) is 0 Å². The lowest BCUT2D eigenvalue weighted by atomic mass is 10.8. The molecule has 0 atom stereocenters. The van der Waals surface area contributed by atoms with Crippen LogP contribution in [0.3, 0.4) is 0 Å². The lowest BCUT2D eigenvalue weighted by molar-refractivity contribution is 1.15. The number of hydrogen-bond acceptors (Lipinski definition) is 2. The predicted molar refractivity (Wildman–Crippen MR) is 33.6 cm³/mol. The summed E-state index contributed by atoms with van der Waals surface area (Å²) in [5.74, 6) is 0. The quantitative estimate of drug-likeness (QED) is 0.625. The molecule has 2 nitrogen and oxygen atoms in total. The third kappa shape index (κ3) is 1.17. The molecule has 1 aromatic heterocycles. The van der Waals surface area contributed by atoms with Gasteiger partial charge in [-0.2, -0.15) is 0 Å². The van der Waals surface area contributed by atoms with E-state index in [2.05, 4.69) is 32.1 Å². The summed E-state index contributed by atoms with van der Waals surface area (Å²) >= 11 is 8.53. The monoisotopic (exact) mass is 191 g/mol. The number of aromatic nitrogens is 2. The van der Waals surface area contributed by atoms with Crippen LogP contribution in [0.5, 0.6) is 0 Å². The summed E-state index contributed by atoms with van der Waals surface area (Å²) < 4.78 is 0.529. The van der Waals surface area contributed by atoms with Gasteiger partial charge in [0.2, 0.25) is 0 Å². The third-order valence-corrected chi connectivity index (χ3v) is 1.63. The van der Waals surface area contributed by atoms with Gasteiger partial charge in [0, 0.05) is 0 Å². The van der Waals surface area contributed by atoms with Crippen molar-refractivity contribution >= 4 is 27.5 Å². The van der Waals surface area contributed by atoms with Crippen molar-refractivity contribution in [1.82, 2.24) is 9.97 Å². The molecule has 0 unspecified atom stereocenters. The van der Waals surface area contributed by atoms with Crippen molar-refractivity contribution in [3.63, 3.8) is 0 Å². The zero-order valence-corrected chi connectivity index (χ0v) is 6.07. The van der Waals surface area contributed by atoms with Crippen LogP contribution in [0, 0.1) is 6.20 Å². The molecule has 0 saturated carbocycles. The van der Waals surface area contributed by atoms with Gasteiger partial charge in [-0.05, 0) is 15.9 Å². The Labute approximate surface area is 60.0 Å². The fourth-order valence-corrected chi connectivity index (χ4v) is 0.566. The molecule has 0 spiro atoms. The highest BCUT2D eigenvalue weighted by molar-refractivity contribution is 9.10. The number of halogens is 2. The second-order valence-electron chi connectivity index (χ2n) is 1.08. The first-order valence-corrected chi connectivity index (χ1v) is 3.02. The molecule has 1 aromatic rings. The van der Waals surface area contributed by atoms with Gasteiger partial charge in [-0.15, -0.1) is 0 Å². The normalized spacial score (nSPS) is 9.25. The van der Waals surface area contributed by atoms with Gasteiger partial charge in [-0.3, -0.25) is 0 Å². The van der Waals surface area contributed by atoms with E-state index in [1.807, 2.05) is 0 Å². The van der Waals surface area contributed by atoms with Crippen molar-refractivity contribution in [3.8, 4) is 0 Å². The van der Waals surface area contributed by atoms with Crippen molar-refractivity contribution in [3.05, 3.63) is 22.1 Å². The van der Waals surface area contributed by atoms with Gasteiger partial charge in [0.05, 0.1) is 6.20 Å². The molecule has 0 fully saturated rings. The summed E-state index contributed by atoms with van der Waals surface area (Å²) in [5.41, 5.74) is 0. The van der Waals surface area contributed by atoms with Crippen LogP contribution in [0.2, 0.25) is 5.15 Å². The van der Waals surface area contributed by atoms with E-state index in [0.717, 1.165) is 0 Å². The average molecular weight is 192 g/mol. The summed E-state index contributed by atoms with van der Waals surface area (Å²) in [4.78, 5) is 7.36. The van der Waals surface area contributed by atoms with E-state index in [4.69, 9.17) is 11.6 Å². The molecule has 0 aliphatic carbocycles. The molecule has 0 saturated heterocycles. The van der Waals surface area contributed by atoms with Crippen LogP contribution in [-0.4, -0.2) is 9.97 Å². The maximum Gasteiger partial charge on any atom is 0.161 e. The molecule has 4 heteroatoms. The van der Waals surface area contributed by atoms with Crippen molar-refractivity contribution in [2.75, 3.05) is 0 Å². The van der Waals surface area contributed by atoms with Crippen LogP contribution in [0.15, 0.2) is 10.8 Å². The first kappa shape index (κ1) is 5.98. The molecule has 1 heterocycles. The minimum Gasteiger partial charge on any atom is -0.239 e. The second-order valence-corrected chi connectivity index (χ2v) is 2.19. The third-order valence-electron chi connectivity index (χ3n) is 0.569. The highest BCUT2D eigenvalue weighted by Gasteiger charge is 1.93. The van der Waals surface area contributed by atoms with Crippen molar-refractivity contribution in [1.29, 1.82) is 0 Å². The van der Waals surface area contributed by atoms with Gasteiger partial charge >= 0.3 is 0 Å². The van der Waals surface area contributed by atoms with Crippen molar-refractivity contribution < 1.29 is 0 Å². The van der Waals surface area contributed by atoms with E-state index in [1.165, 1.54) is 6.20 Å². The lowest BCUT2D eigenvalue weighted by Gasteiger charge is -1.86. The average Bonchev–Trinajstić information content (AvgIpc) is 1.77. The minimum atomic E-state index is 0.365. The summed E-state index contributed by atoms with van der Waals surface area (Å²) in [6, 6.07) is 0. The highest BCUT2D eigenvalue weighted by Crippen LogP contribution is 2.13. The van der Waals surface area contributed by atoms with E-state index >= 15 is 0 Å². The van der Waals surface area contributed by atoms with Crippen LogP contribution in [0.1, 0.15) is 0 Å². The summed E-state index contributed by atoms with van der Waals surface area (Å²) in [7, 11) is 0. The lowest BCUT2D eigenvalue weighted by Crippen LogP contribution is -1.78. The van der Waals surface area contributed by atoms with E-state index in [0.29, 0.717) is 9.76 Å². The molecule has 8 heavy (non-hydrogen) atoms. The van der Waals surface area contributed by atoms with Crippen molar-refractivity contribution in [2.24, 2.45) is 0 Å². The fourth-order valence-electron chi connectivity index (χ4n) is 0.270. The fraction of sp³-hybridized carbons (Fsp3) is 0. The maximum absolute atomic E-state index is 5.47. The topological polar surface area (TPSA) is 25.8 Å². The Kier molecular flexibility index (Phi) is 1.81. The van der Waals surface area contributed by atoms with Gasteiger partial charge < -0.3 is 0 Å². The van der Waals surface area contributed by atoms with Gasteiger partial charge in [0.1, 0.15) is 10.8 Å². The predicted octanol–water partition coefficient (Wildman–Crippen LogP) is 1.69. The van der Waals surface area contributed by atoms with Crippen LogP contribution in [0.25, 0.3) is 0 Å². The molecule has 0 aliphatic rings. The first-order valence-electron chi connectivity index (χ1n) is 1.85. The Balaban J connectivity index is 3.13. The Bertz CT molecular complexity index is 170. The molecule has 0 aliphatic heterocycles. The SMILES string of the molecule is Clc1nc[c]nc1Br. The first-order chi connectivity index (χ1) is 3.80. The second kappa shape index (κ2) is 2.42. The maximum atomic E-state index is 5.47. The Hall–Kier alpha value is -0.150. The van der Waals surface area contributed by atoms with Gasteiger partial charge in [0.25, 0.3) is 0 Å². The zero-order chi connectivity index (χ0) is 5.98. The number of hydrogen-bond donors (Lipinski definition) is 0. The summed E-state index contributed by atoms with van der Waals surface area (Å²) in [6.45, 7) is 0. The molecular weight excluding hydrogens is 191 g/mol. The summed E-state index contributed by atoms with van der Waals surface area (Å²) in [6.07, 6.45) is 3.92. The molecule has 0 N–H and O–H groups in total. The van der Waals surface area contributed by atoms with Crippen LogP contribution < -0.4 is 0 Å². The van der Waals surface area contributed by atoms with Gasteiger partial charge in [-0.1, -0.05) is 11.6 Å². The largest absolute Gasteiger partial charge is 0.239 e. The number of nitrogens with zero attached hydrogens (tertiary/aromatic N) is 2. The number of rotatable bonds is 0. The Morgan fingerprint density at radius 3 is 2.88 bits per heavy atom. The molecule has 1 rings (SSSR count). The van der Waals surface area contributed by atoms with Crippen LogP contribution in [0.4, 0.5) is 0 Å². The summed E-state index contributed by atoms with van der Waals surface area (Å²) in [5, 5.41) is 0.365. The van der Waals surface area contributed by atoms with Crippen LogP contribution >= 0.6 is 27.5 Å². The molecule has 0 aromatic carbocycles. The van der Waals surface area contributed by atoms with E-state index in [-0.39, 0.29) is 0 Å². The standard InChI is InChI=1S/C4HBrClN2/c5-3-4(6)8-2-1-7-3/h2H. The zero-order valence-electron chi connectivity index (χ0n) is 3.73. The molecular formula is C4HBrClN2. The molecule has 0 amide bonds. The molecule has 41 valence electrons.